The Morgan fingerprint density at radius 1 is 1.25 bits per heavy atom. The van der Waals surface area contributed by atoms with E-state index in [1.54, 1.807) is 6.07 Å². The van der Waals surface area contributed by atoms with Gasteiger partial charge < -0.3 is 4.74 Å². The molecule has 146 valence electrons. The van der Waals surface area contributed by atoms with Crippen molar-refractivity contribution in [3.05, 3.63) is 57.6 Å². The molecule has 0 aliphatic carbocycles. The SMILES string of the molecule is Cc1ccc(OCC(=O)Nc2nc3ccc([N+](=O)[O-])cc3s2)c(C(C)(C)C)c1. The number of hydrogen-bond acceptors (Lipinski definition) is 6. The maximum absolute atomic E-state index is 12.3. The van der Waals surface area contributed by atoms with E-state index in [1.165, 1.54) is 23.5 Å². The van der Waals surface area contributed by atoms with E-state index < -0.39 is 4.92 Å². The van der Waals surface area contributed by atoms with Gasteiger partial charge in [0.25, 0.3) is 11.6 Å². The molecule has 0 aliphatic rings. The minimum Gasteiger partial charge on any atom is -0.483 e. The van der Waals surface area contributed by atoms with Gasteiger partial charge in [0.1, 0.15) is 5.75 Å². The average molecular weight is 399 g/mol. The Balaban J connectivity index is 1.70. The Hall–Kier alpha value is -3.00. The van der Waals surface area contributed by atoms with E-state index in [4.69, 9.17) is 4.74 Å². The van der Waals surface area contributed by atoms with Crippen LogP contribution in [0.15, 0.2) is 36.4 Å². The van der Waals surface area contributed by atoms with Crippen LogP contribution in [0.5, 0.6) is 5.75 Å². The van der Waals surface area contributed by atoms with Gasteiger partial charge in [-0.3, -0.25) is 20.2 Å². The summed E-state index contributed by atoms with van der Waals surface area (Å²) >= 11 is 1.19. The van der Waals surface area contributed by atoms with Crippen LogP contribution in [-0.4, -0.2) is 22.4 Å². The molecule has 1 amide bonds. The number of ether oxygens (including phenoxy) is 1. The molecule has 0 saturated carbocycles. The van der Waals surface area contributed by atoms with Crippen LogP contribution >= 0.6 is 11.3 Å². The molecule has 0 spiro atoms. The summed E-state index contributed by atoms with van der Waals surface area (Å²) in [4.78, 5) is 27.0. The first kappa shape index (κ1) is 19.8. The fourth-order valence-corrected chi connectivity index (χ4v) is 3.65. The highest BCUT2D eigenvalue weighted by molar-refractivity contribution is 7.22. The van der Waals surface area contributed by atoms with Gasteiger partial charge in [0.2, 0.25) is 0 Å². The summed E-state index contributed by atoms with van der Waals surface area (Å²) in [5.41, 5.74) is 2.64. The summed E-state index contributed by atoms with van der Waals surface area (Å²) in [7, 11) is 0. The zero-order valence-electron chi connectivity index (χ0n) is 16.1. The van der Waals surface area contributed by atoms with Gasteiger partial charge in [-0.15, -0.1) is 0 Å². The fraction of sp³-hybridized carbons (Fsp3) is 0.300. The zero-order chi connectivity index (χ0) is 20.5. The first-order valence-corrected chi connectivity index (χ1v) is 9.54. The van der Waals surface area contributed by atoms with E-state index >= 15 is 0 Å². The summed E-state index contributed by atoms with van der Waals surface area (Å²) in [6, 6.07) is 10.3. The molecule has 0 fully saturated rings. The lowest BCUT2D eigenvalue weighted by molar-refractivity contribution is -0.384. The number of amides is 1. The Morgan fingerprint density at radius 2 is 2.00 bits per heavy atom. The first-order valence-electron chi connectivity index (χ1n) is 8.72. The first-order chi connectivity index (χ1) is 13.1. The van der Waals surface area contributed by atoms with Crippen LogP contribution in [0.1, 0.15) is 31.9 Å². The van der Waals surface area contributed by atoms with Crippen LogP contribution in [0.4, 0.5) is 10.8 Å². The van der Waals surface area contributed by atoms with Gasteiger partial charge in [-0.1, -0.05) is 49.8 Å². The number of non-ortho nitro benzene ring substituents is 1. The monoisotopic (exact) mass is 399 g/mol. The van der Waals surface area contributed by atoms with Crippen molar-refractivity contribution in [1.29, 1.82) is 0 Å². The normalized spacial score (nSPS) is 11.4. The molecular weight excluding hydrogens is 378 g/mol. The molecule has 0 aliphatic heterocycles. The molecule has 0 bridgehead atoms. The molecule has 2 aromatic carbocycles. The van der Waals surface area contributed by atoms with Crippen LogP contribution in [0.3, 0.4) is 0 Å². The van der Waals surface area contributed by atoms with Crippen LogP contribution in [0.2, 0.25) is 0 Å². The third-order valence-corrected chi connectivity index (χ3v) is 5.06. The second-order valence-electron chi connectivity index (χ2n) is 7.51. The highest BCUT2D eigenvalue weighted by Gasteiger charge is 2.20. The second kappa shape index (κ2) is 7.55. The van der Waals surface area contributed by atoms with Gasteiger partial charge in [0, 0.05) is 12.1 Å². The number of anilines is 1. The van der Waals surface area contributed by atoms with Crippen molar-refractivity contribution in [3.63, 3.8) is 0 Å². The molecule has 1 heterocycles. The van der Waals surface area contributed by atoms with E-state index in [1.807, 2.05) is 19.1 Å². The Morgan fingerprint density at radius 3 is 2.68 bits per heavy atom. The van der Waals surface area contributed by atoms with Crippen LogP contribution in [0.25, 0.3) is 10.2 Å². The molecule has 0 radical (unpaired) electrons. The minimum absolute atomic E-state index is 0.00793. The lowest BCUT2D eigenvalue weighted by Crippen LogP contribution is -2.22. The second-order valence-corrected chi connectivity index (χ2v) is 8.55. The standard InChI is InChI=1S/C20H21N3O4S/c1-12-5-8-16(14(9-12)20(2,3)4)27-11-18(24)22-19-21-15-7-6-13(23(25)26)10-17(15)28-19/h5-10H,11H2,1-4H3,(H,21,22,24). The van der Waals surface area contributed by atoms with Crippen molar-refractivity contribution in [2.45, 2.75) is 33.1 Å². The summed E-state index contributed by atoms with van der Waals surface area (Å²) in [6.07, 6.45) is 0. The zero-order valence-corrected chi connectivity index (χ0v) is 16.9. The quantitative estimate of drug-likeness (QED) is 0.490. The van der Waals surface area contributed by atoms with Crippen molar-refractivity contribution in [2.75, 3.05) is 11.9 Å². The molecular formula is C20H21N3O4S. The van der Waals surface area contributed by atoms with Gasteiger partial charge in [0.05, 0.1) is 15.1 Å². The minimum atomic E-state index is -0.459. The van der Waals surface area contributed by atoms with E-state index in [9.17, 15) is 14.9 Å². The van der Waals surface area contributed by atoms with Crippen molar-refractivity contribution in [2.24, 2.45) is 0 Å². The topological polar surface area (TPSA) is 94.4 Å². The summed E-state index contributed by atoms with van der Waals surface area (Å²) in [6.45, 7) is 8.14. The number of aromatic nitrogens is 1. The number of fused-ring (bicyclic) bond motifs is 1. The van der Waals surface area contributed by atoms with E-state index in [-0.39, 0.29) is 23.6 Å². The molecule has 1 N–H and O–H groups in total. The molecule has 3 aromatic rings. The summed E-state index contributed by atoms with van der Waals surface area (Å²) in [5.74, 6) is 0.335. The number of aryl methyl sites for hydroxylation is 1. The molecule has 0 unspecified atom stereocenters. The van der Waals surface area contributed by atoms with Crippen LogP contribution < -0.4 is 10.1 Å². The van der Waals surface area contributed by atoms with Gasteiger partial charge in [-0.05, 0) is 30.0 Å². The number of carbonyl (C=O) groups excluding carboxylic acids is 1. The van der Waals surface area contributed by atoms with E-state index in [0.717, 1.165) is 11.1 Å². The number of carbonyl (C=O) groups is 1. The number of nitrogens with zero attached hydrogens (tertiary/aromatic N) is 2. The number of nitro groups is 1. The molecule has 0 saturated heterocycles. The summed E-state index contributed by atoms with van der Waals surface area (Å²) in [5, 5.41) is 13.9. The smallest absolute Gasteiger partial charge is 0.270 e. The largest absolute Gasteiger partial charge is 0.483 e. The van der Waals surface area contributed by atoms with Crippen molar-refractivity contribution < 1.29 is 14.5 Å². The van der Waals surface area contributed by atoms with Crippen LogP contribution in [0, 0.1) is 17.0 Å². The maximum Gasteiger partial charge on any atom is 0.270 e. The third kappa shape index (κ3) is 4.45. The van der Waals surface area contributed by atoms with Crippen LogP contribution in [-0.2, 0) is 10.2 Å². The Kier molecular flexibility index (Phi) is 5.33. The van der Waals surface area contributed by atoms with Crippen molar-refractivity contribution in [3.8, 4) is 5.75 Å². The molecule has 8 heteroatoms. The van der Waals surface area contributed by atoms with Crippen molar-refractivity contribution >= 4 is 38.3 Å². The molecule has 7 nitrogen and oxygen atoms in total. The average Bonchev–Trinajstić information content (AvgIpc) is 3.00. The highest BCUT2D eigenvalue weighted by atomic mass is 32.1. The van der Waals surface area contributed by atoms with Gasteiger partial charge in [-0.2, -0.15) is 0 Å². The lowest BCUT2D eigenvalue weighted by Gasteiger charge is -2.23. The fourth-order valence-electron chi connectivity index (χ4n) is 2.73. The number of thiazole rings is 1. The number of rotatable bonds is 5. The Bertz CT molecular complexity index is 1050. The van der Waals surface area contributed by atoms with Gasteiger partial charge >= 0.3 is 0 Å². The van der Waals surface area contributed by atoms with Gasteiger partial charge in [-0.25, -0.2) is 4.98 Å². The predicted molar refractivity (Wildman–Crippen MR) is 110 cm³/mol. The molecule has 3 rings (SSSR count). The number of benzene rings is 2. The van der Waals surface area contributed by atoms with Crippen molar-refractivity contribution in [1.82, 2.24) is 4.98 Å². The molecule has 0 atom stereocenters. The third-order valence-electron chi connectivity index (χ3n) is 4.13. The molecule has 28 heavy (non-hydrogen) atoms. The highest BCUT2D eigenvalue weighted by Crippen LogP contribution is 2.32. The maximum atomic E-state index is 12.3. The number of nitrogens with one attached hydrogen (secondary N) is 1. The number of nitro benzene ring substituents is 1. The van der Waals surface area contributed by atoms with E-state index in [2.05, 4.69) is 37.1 Å². The van der Waals surface area contributed by atoms with Gasteiger partial charge in [0.15, 0.2) is 11.7 Å². The predicted octanol–water partition coefficient (Wildman–Crippen LogP) is 4.83. The lowest BCUT2D eigenvalue weighted by atomic mass is 9.85. The Labute approximate surface area is 166 Å². The summed E-state index contributed by atoms with van der Waals surface area (Å²) < 4.78 is 6.39. The number of hydrogen-bond donors (Lipinski definition) is 1. The van der Waals surface area contributed by atoms with E-state index in [0.29, 0.717) is 21.1 Å². The molecule has 1 aromatic heterocycles.